The van der Waals surface area contributed by atoms with Crippen molar-refractivity contribution < 1.29 is 32.5 Å². The molecule has 8 nitrogen and oxygen atoms in total. The SMILES string of the molecule is Cc1cc(OC(=O)CSc2ccc(C(F)(F)F)cc2[N+](=O)[O-])ccc1[N+](=O)[O-]. The molecule has 0 heterocycles. The Balaban J connectivity index is 2.09. The highest BCUT2D eigenvalue weighted by atomic mass is 32.2. The van der Waals surface area contributed by atoms with Gasteiger partial charge in [-0.3, -0.25) is 25.0 Å². The summed E-state index contributed by atoms with van der Waals surface area (Å²) in [5, 5.41) is 21.8. The summed E-state index contributed by atoms with van der Waals surface area (Å²) >= 11 is 0.643. The molecule has 0 saturated heterocycles. The van der Waals surface area contributed by atoms with Gasteiger partial charge in [0.25, 0.3) is 11.4 Å². The highest BCUT2D eigenvalue weighted by Gasteiger charge is 2.33. The molecule has 0 aliphatic carbocycles. The van der Waals surface area contributed by atoms with Gasteiger partial charge in [0.1, 0.15) is 5.75 Å². The van der Waals surface area contributed by atoms with Crippen LogP contribution in [-0.4, -0.2) is 21.6 Å². The lowest BCUT2D eigenvalue weighted by molar-refractivity contribution is -0.388. The van der Waals surface area contributed by atoms with Gasteiger partial charge < -0.3 is 4.74 Å². The fourth-order valence-corrected chi connectivity index (χ4v) is 2.93. The maximum absolute atomic E-state index is 12.7. The number of benzene rings is 2. The van der Waals surface area contributed by atoms with Crippen molar-refractivity contribution in [1.82, 2.24) is 0 Å². The zero-order valence-electron chi connectivity index (χ0n) is 14.1. The van der Waals surface area contributed by atoms with E-state index < -0.39 is 39.0 Å². The van der Waals surface area contributed by atoms with Crippen molar-refractivity contribution in [3.05, 3.63) is 67.8 Å². The van der Waals surface area contributed by atoms with Crippen molar-refractivity contribution in [1.29, 1.82) is 0 Å². The first kappa shape index (κ1) is 21.2. The number of aryl methyl sites for hydroxylation is 1. The predicted octanol–water partition coefficient (Wildman–Crippen LogP) is 4.53. The molecule has 2 rings (SSSR count). The summed E-state index contributed by atoms with van der Waals surface area (Å²) in [6.07, 6.45) is -4.74. The lowest BCUT2D eigenvalue weighted by Crippen LogP contribution is -2.11. The van der Waals surface area contributed by atoms with Crippen molar-refractivity contribution in [3.63, 3.8) is 0 Å². The maximum Gasteiger partial charge on any atom is 0.416 e. The van der Waals surface area contributed by atoms with Gasteiger partial charge in [0, 0.05) is 17.7 Å². The molecule has 0 spiro atoms. The van der Waals surface area contributed by atoms with Gasteiger partial charge in [-0.15, -0.1) is 11.8 Å². The molecule has 0 radical (unpaired) electrons. The van der Waals surface area contributed by atoms with Gasteiger partial charge in [0.15, 0.2) is 0 Å². The maximum atomic E-state index is 12.7. The standard InChI is InChI=1S/C16H11F3N2O6S/c1-9-6-11(3-4-12(9)20(23)24)27-15(22)8-28-14-5-2-10(16(17,18)19)7-13(14)21(25)26/h2-7H,8H2,1H3. The van der Waals surface area contributed by atoms with Gasteiger partial charge in [-0.2, -0.15) is 13.2 Å². The van der Waals surface area contributed by atoms with Crippen LogP contribution in [0.4, 0.5) is 24.5 Å². The first-order chi connectivity index (χ1) is 13.0. The van der Waals surface area contributed by atoms with Gasteiger partial charge in [0.2, 0.25) is 0 Å². The van der Waals surface area contributed by atoms with Crippen LogP contribution in [0.3, 0.4) is 0 Å². The Labute approximate surface area is 159 Å². The first-order valence-electron chi connectivity index (χ1n) is 7.43. The molecule has 0 saturated carbocycles. The molecule has 0 amide bonds. The van der Waals surface area contributed by atoms with Gasteiger partial charge in [-0.1, -0.05) is 0 Å². The third-order valence-corrected chi connectivity index (χ3v) is 4.46. The Morgan fingerprint density at radius 2 is 1.71 bits per heavy atom. The molecule has 0 unspecified atom stereocenters. The van der Waals surface area contributed by atoms with Gasteiger partial charge in [-0.25, -0.2) is 0 Å². The minimum Gasteiger partial charge on any atom is -0.426 e. The molecule has 12 heteroatoms. The van der Waals surface area contributed by atoms with Gasteiger partial charge in [-0.05, 0) is 31.2 Å². The van der Waals surface area contributed by atoms with Crippen LogP contribution in [0, 0.1) is 27.2 Å². The van der Waals surface area contributed by atoms with E-state index >= 15 is 0 Å². The van der Waals surface area contributed by atoms with E-state index in [1.54, 1.807) is 0 Å². The first-order valence-corrected chi connectivity index (χ1v) is 8.41. The van der Waals surface area contributed by atoms with E-state index in [1.165, 1.54) is 19.1 Å². The quantitative estimate of drug-likeness (QED) is 0.224. The number of hydrogen-bond acceptors (Lipinski definition) is 7. The highest BCUT2D eigenvalue weighted by molar-refractivity contribution is 8.00. The molecule has 0 aromatic heterocycles. The summed E-state index contributed by atoms with van der Waals surface area (Å²) < 4.78 is 43.1. The second kappa shape index (κ2) is 8.25. The molecule has 148 valence electrons. The third-order valence-electron chi connectivity index (χ3n) is 3.43. The number of nitro benzene ring substituents is 2. The topological polar surface area (TPSA) is 113 Å². The molecule has 0 bridgehead atoms. The number of alkyl halides is 3. The van der Waals surface area contributed by atoms with E-state index in [1.807, 2.05) is 0 Å². The van der Waals surface area contributed by atoms with Crippen LogP contribution < -0.4 is 4.74 Å². The van der Waals surface area contributed by atoms with Crippen LogP contribution >= 0.6 is 11.8 Å². The monoisotopic (exact) mass is 416 g/mol. The number of nitro groups is 2. The summed E-state index contributed by atoms with van der Waals surface area (Å²) in [5.74, 6) is -1.20. The van der Waals surface area contributed by atoms with Gasteiger partial charge in [0.05, 0.1) is 26.1 Å². The number of carbonyl (C=O) groups excluding carboxylic acids is 1. The molecule has 28 heavy (non-hydrogen) atoms. The number of thioether (sulfide) groups is 1. The molecule has 0 aliphatic rings. The van der Waals surface area contributed by atoms with E-state index in [0.29, 0.717) is 23.9 Å². The number of nitrogens with zero attached hydrogens (tertiary/aromatic N) is 2. The van der Waals surface area contributed by atoms with E-state index in [0.717, 1.165) is 12.1 Å². The van der Waals surface area contributed by atoms with Gasteiger partial charge >= 0.3 is 12.1 Å². The number of ether oxygens (including phenoxy) is 1. The number of hydrogen-bond donors (Lipinski definition) is 0. The van der Waals surface area contributed by atoms with Crippen LogP contribution in [0.25, 0.3) is 0 Å². The molecule has 0 N–H and O–H groups in total. The van der Waals surface area contributed by atoms with Crippen molar-refractivity contribution in [2.24, 2.45) is 0 Å². The van der Waals surface area contributed by atoms with Crippen LogP contribution in [-0.2, 0) is 11.0 Å². The molecular formula is C16H11F3N2O6S. The predicted molar refractivity (Wildman–Crippen MR) is 92.3 cm³/mol. The fraction of sp³-hybridized carbons (Fsp3) is 0.188. The Kier molecular flexibility index (Phi) is 6.23. The number of rotatable bonds is 6. The summed E-state index contributed by atoms with van der Waals surface area (Å²) in [7, 11) is 0. The average molecular weight is 416 g/mol. The van der Waals surface area contributed by atoms with Crippen molar-refractivity contribution in [3.8, 4) is 5.75 Å². The number of carbonyl (C=O) groups is 1. The second-order valence-electron chi connectivity index (χ2n) is 5.41. The van der Waals surface area contributed by atoms with Crippen LogP contribution in [0.2, 0.25) is 0 Å². The van der Waals surface area contributed by atoms with Crippen LogP contribution in [0.5, 0.6) is 5.75 Å². The minimum atomic E-state index is -4.74. The molecule has 0 aliphatic heterocycles. The smallest absolute Gasteiger partial charge is 0.416 e. The van der Waals surface area contributed by atoms with Crippen LogP contribution in [0.15, 0.2) is 41.3 Å². The zero-order chi connectivity index (χ0) is 21.1. The van der Waals surface area contributed by atoms with E-state index in [2.05, 4.69) is 0 Å². The minimum absolute atomic E-state index is 0.0376. The Morgan fingerprint density at radius 1 is 1.07 bits per heavy atom. The van der Waals surface area contributed by atoms with Crippen molar-refractivity contribution in [2.45, 2.75) is 18.0 Å². The van der Waals surface area contributed by atoms with Crippen molar-refractivity contribution >= 4 is 29.1 Å². The molecule has 0 atom stereocenters. The lowest BCUT2D eigenvalue weighted by Gasteiger charge is -2.09. The fourth-order valence-electron chi connectivity index (χ4n) is 2.15. The molecule has 2 aromatic rings. The van der Waals surface area contributed by atoms with E-state index in [4.69, 9.17) is 4.74 Å². The summed E-state index contributed by atoms with van der Waals surface area (Å²) in [4.78, 5) is 32.0. The summed E-state index contributed by atoms with van der Waals surface area (Å²) in [6.45, 7) is 1.45. The van der Waals surface area contributed by atoms with Crippen LogP contribution in [0.1, 0.15) is 11.1 Å². The zero-order valence-corrected chi connectivity index (χ0v) is 14.9. The number of esters is 1. The summed E-state index contributed by atoms with van der Waals surface area (Å²) in [5.41, 5.74) is -1.85. The lowest BCUT2D eigenvalue weighted by atomic mass is 10.2. The Morgan fingerprint density at radius 3 is 2.25 bits per heavy atom. The number of halogens is 3. The van der Waals surface area contributed by atoms with E-state index in [9.17, 15) is 38.2 Å². The Bertz CT molecular complexity index is 948. The molecule has 2 aromatic carbocycles. The third kappa shape index (κ3) is 5.19. The summed E-state index contributed by atoms with van der Waals surface area (Å²) in [6, 6.07) is 5.64. The average Bonchev–Trinajstić information content (AvgIpc) is 2.58. The largest absolute Gasteiger partial charge is 0.426 e. The second-order valence-corrected chi connectivity index (χ2v) is 6.42. The molecular weight excluding hydrogens is 405 g/mol. The van der Waals surface area contributed by atoms with Crippen molar-refractivity contribution in [2.75, 3.05) is 5.75 Å². The Hall–Kier alpha value is -3.15. The normalized spacial score (nSPS) is 11.1. The van der Waals surface area contributed by atoms with E-state index in [-0.39, 0.29) is 21.9 Å². The highest BCUT2D eigenvalue weighted by Crippen LogP contribution is 2.36. The molecule has 0 fully saturated rings.